The van der Waals surface area contributed by atoms with Gasteiger partial charge in [-0.05, 0) is 67.6 Å². The zero-order valence-electron chi connectivity index (χ0n) is 16.7. The summed E-state index contributed by atoms with van der Waals surface area (Å²) < 4.78 is 0. The van der Waals surface area contributed by atoms with Gasteiger partial charge in [0.05, 0.1) is 0 Å². The van der Waals surface area contributed by atoms with Crippen LogP contribution in [0.25, 0.3) is 0 Å². The molecule has 0 aromatic carbocycles. The van der Waals surface area contributed by atoms with Gasteiger partial charge >= 0.3 is 0 Å². The molecule has 6 atom stereocenters. The molecule has 0 saturated heterocycles. The number of nitrogens with one attached hydrogen (secondary N) is 2. The van der Waals surface area contributed by atoms with Gasteiger partial charge in [0.2, 0.25) is 0 Å². The van der Waals surface area contributed by atoms with E-state index in [9.17, 15) is 0 Å². The van der Waals surface area contributed by atoms with Crippen LogP contribution in [0.5, 0.6) is 0 Å². The van der Waals surface area contributed by atoms with Crippen LogP contribution in [0.15, 0.2) is 11.6 Å². The van der Waals surface area contributed by atoms with E-state index in [1.54, 1.807) is 5.57 Å². The Morgan fingerprint density at radius 1 is 1.31 bits per heavy atom. The van der Waals surface area contributed by atoms with Crippen molar-refractivity contribution in [2.75, 3.05) is 12.3 Å². The Kier molecular flexibility index (Phi) is 6.93. The number of allylic oxidation sites excluding steroid dienone is 2. The molecule has 0 aliphatic heterocycles. The highest BCUT2D eigenvalue weighted by Gasteiger charge is 2.48. The van der Waals surface area contributed by atoms with Crippen LogP contribution in [0.2, 0.25) is 0 Å². The van der Waals surface area contributed by atoms with Gasteiger partial charge in [0.15, 0.2) is 5.96 Å². The van der Waals surface area contributed by atoms with E-state index in [-0.39, 0.29) is 5.96 Å². The van der Waals surface area contributed by atoms with E-state index in [0.717, 1.165) is 41.2 Å². The second-order valence-electron chi connectivity index (χ2n) is 9.02. The highest BCUT2D eigenvalue weighted by molar-refractivity contribution is 8.76. The van der Waals surface area contributed by atoms with Gasteiger partial charge in [-0.3, -0.25) is 5.41 Å². The van der Waals surface area contributed by atoms with E-state index >= 15 is 0 Å². The third-order valence-electron chi connectivity index (χ3n) is 7.64. The van der Waals surface area contributed by atoms with Crippen molar-refractivity contribution in [1.29, 1.82) is 5.41 Å². The summed E-state index contributed by atoms with van der Waals surface area (Å²) in [6.45, 7) is 8.39. The summed E-state index contributed by atoms with van der Waals surface area (Å²) in [4.78, 5) is 0. The lowest BCUT2D eigenvalue weighted by molar-refractivity contribution is 0.0231. The van der Waals surface area contributed by atoms with Crippen LogP contribution < -0.4 is 11.1 Å². The first kappa shape index (κ1) is 20.4. The second kappa shape index (κ2) is 8.81. The first-order chi connectivity index (χ1) is 12.4. The smallest absolute Gasteiger partial charge is 0.185 e. The zero-order chi connectivity index (χ0) is 18.7. The lowest BCUT2D eigenvalue weighted by Crippen LogP contribution is -2.44. The standard InChI is InChI=1S/C21H37N3S2/c1-14-4-9-19-18(15(14)2)8-6-16-5-7-17(10-11-21(16,19)3)26-25-13-12-24-20(22)23/h6,14-15,17-19H,4-5,7-13H2,1-3H3,(H4,22,23,24). The Hall–Kier alpha value is -0.290. The normalized spacial score (nSPS) is 40.0. The second-order valence-corrected chi connectivity index (χ2v) is 11.8. The molecule has 3 rings (SSSR count). The number of nitrogens with two attached hydrogens (primary N) is 1. The largest absolute Gasteiger partial charge is 0.370 e. The lowest BCUT2D eigenvalue weighted by Gasteiger charge is -2.52. The van der Waals surface area contributed by atoms with Gasteiger partial charge in [0.1, 0.15) is 0 Å². The number of fused-ring (bicyclic) bond motifs is 3. The maximum absolute atomic E-state index is 7.21. The minimum atomic E-state index is 0.0830. The molecule has 2 saturated carbocycles. The molecule has 3 aliphatic carbocycles. The van der Waals surface area contributed by atoms with Crippen LogP contribution in [-0.2, 0) is 0 Å². The van der Waals surface area contributed by atoms with Gasteiger partial charge < -0.3 is 11.1 Å². The summed E-state index contributed by atoms with van der Waals surface area (Å²) >= 11 is 0. The molecule has 0 amide bonds. The molecule has 5 heteroatoms. The monoisotopic (exact) mass is 395 g/mol. The van der Waals surface area contributed by atoms with Crippen molar-refractivity contribution in [3.63, 3.8) is 0 Å². The van der Waals surface area contributed by atoms with Gasteiger partial charge in [-0.1, -0.05) is 60.4 Å². The van der Waals surface area contributed by atoms with E-state index in [2.05, 4.69) is 43.0 Å². The summed E-state index contributed by atoms with van der Waals surface area (Å²) in [6, 6.07) is 0. The highest BCUT2D eigenvalue weighted by atomic mass is 33.1. The van der Waals surface area contributed by atoms with Crippen molar-refractivity contribution in [2.24, 2.45) is 34.8 Å². The first-order valence-electron chi connectivity index (χ1n) is 10.5. The number of hydrogen-bond acceptors (Lipinski definition) is 3. The highest BCUT2D eigenvalue weighted by Crippen LogP contribution is 2.58. The Labute approximate surface area is 168 Å². The average Bonchev–Trinajstić information content (AvgIpc) is 2.77. The first-order valence-corrected chi connectivity index (χ1v) is 12.9. The van der Waals surface area contributed by atoms with E-state index < -0.39 is 0 Å². The molecule has 0 spiro atoms. The molecule has 0 aromatic heterocycles. The number of rotatable bonds is 5. The summed E-state index contributed by atoms with van der Waals surface area (Å²) in [6.07, 6.45) is 12.3. The van der Waals surface area contributed by atoms with E-state index in [4.69, 9.17) is 11.1 Å². The average molecular weight is 396 g/mol. The van der Waals surface area contributed by atoms with Gasteiger partial charge in [0, 0.05) is 17.5 Å². The van der Waals surface area contributed by atoms with Crippen LogP contribution in [0.1, 0.15) is 65.7 Å². The molecule has 3 aliphatic rings. The van der Waals surface area contributed by atoms with Crippen molar-refractivity contribution in [2.45, 2.75) is 71.0 Å². The fourth-order valence-electron chi connectivity index (χ4n) is 5.75. The third kappa shape index (κ3) is 4.40. The van der Waals surface area contributed by atoms with Crippen LogP contribution in [0, 0.1) is 34.5 Å². The van der Waals surface area contributed by atoms with Crippen LogP contribution in [0.4, 0.5) is 0 Å². The summed E-state index contributed by atoms with van der Waals surface area (Å²) in [7, 11) is 4.02. The van der Waals surface area contributed by atoms with E-state index in [1.807, 2.05) is 10.8 Å². The molecule has 6 unspecified atom stereocenters. The van der Waals surface area contributed by atoms with Crippen LogP contribution >= 0.6 is 21.6 Å². The predicted octanol–water partition coefficient (Wildman–Crippen LogP) is 5.43. The molecular formula is C21H37N3S2. The quantitative estimate of drug-likeness (QED) is 0.191. The minimum Gasteiger partial charge on any atom is -0.370 e. The molecular weight excluding hydrogens is 358 g/mol. The third-order valence-corrected chi connectivity index (χ3v) is 10.6. The van der Waals surface area contributed by atoms with Gasteiger partial charge in [-0.15, -0.1) is 0 Å². The van der Waals surface area contributed by atoms with E-state index in [1.165, 1.54) is 44.9 Å². The SMILES string of the molecule is CC1CCC2C(CC=C3CCC(SSCCNC(=N)N)CCC32C)C1C. The Balaban J connectivity index is 1.56. The molecule has 0 bridgehead atoms. The van der Waals surface area contributed by atoms with Crippen LogP contribution in [-0.4, -0.2) is 23.5 Å². The van der Waals surface area contributed by atoms with Crippen molar-refractivity contribution in [3.8, 4) is 0 Å². The Morgan fingerprint density at radius 3 is 2.88 bits per heavy atom. The molecule has 148 valence electrons. The van der Waals surface area contributed by atoms with E-state index in [0.29, 0.717) is 5.41 Å². The molecule has 0 aromatic rings. The van der Waals surface area contributed by atoms with Crippen LogP contribution in [0.3, 0.4) is 0 Å². The number of guanidine groups is 1. The molecule has 4 N–H and O–H groups in total. The van der Waals surface area contributed by atoms with Crippen molar-refractivity contribution in [1.82, 2.24) is 5.32 Å². The van der Waals surface area contributed by atoms with Gasteiger partial charge in [0.25, 0.3) is 0 Å². The minimum absolute atomic E-state index is 0.0830. The summed E-state index contributed by atoms with van der Waals surface area (Å²) in [5, 5.41) is 10.9. The Bertz CT molecular complexity index is 535. The number of hydrogen-bond donors (Lipinski definition) is 3. The fourth-order valence-corrected chi connectivity index (χ4v) is 8.35. The predicted molar refractivity (Wildman–Crippen MR) is 118 cm³/mol. The molecule has 3 nitrogen and oxygen atoms in total. The fraction of sp³-hybridized carbons (Fsp3) is 0.857. The maximum Gasteiger partial charge on any atom is 0.185 e. The molecule has 26 heavy (non-hydrogen) atoms. The Morgan fingerprint density at radius 2 is 2.12 bits per heavy atom. The van der Waals surface area contributed by atoms with Crippen molar-refractivity contribution in [3.05, 3.63) is 11.6 Å². The van der Waals surface area contributed by atoms with Gasteiger partial charge in [-0.25, -0.2) is 0 Å². The van der Waals surface area contributed by atoms with Gasteiger partial charge in [-0.2, -0.15) is 0 Å². The van der Waals surface area contributed by atoms with Crippen molar-refractivity contribution < 1.29 is 0 Å². The lowest BCUT2D eigenvalue weighted by atomic mass is 9.52. The topological polar surface area (TPSA) is 61.9 Å². The molecule has 0 heterocycles. The summed E-state index contributed by atoms with van der Waals surface area (Å²) in [5.74, 6) is 4.74. The molecule has 0 radical (unpaired) electrons. The molecule has 2 fully saturated rings. The summed E-state index contributed by atoms with van der Waals surface area (Å²) in [5.41, 5.74) is 7.61. The van der Waals surface area contributed by atoms with Crippen molar-refractivity contribution >= 4 is 27.5 Å². The zero-order valence-corrected chi connectivity index (χ0v) is 18.4. The maximum atomic E-state index is 7.21.